The zero-order chi connectivity index (χ0) is 17.9. The van der Waals surface area contributed by atoms with Crippen molar-refractivity contribution >= 4 is 29.3 Å². The number of benzene rings is 1. The SMILES string of the molecule is CCC(C)[C@H](NC(=O)OCc1ccccc1)C(=S)NCC(=O)OC. The summed E-state index contributed by atoms with van der Waals surface area (Å²) in [6.07, 6.45) is 0.260. The average Bonchev–Trinajstić information content (AvgIpc) is 2.62. The van der Waals surface area contributed by atoms with E-state index in [0.717, 1.165) is 12.0 Å². The van der Waals surface area contributed by atoms with E-state index in [9.17, 15) is 9.59 Å². The Labute approximate surface area is 147 Å². The maximum atomic E-state index is 12.0. The summed E-state index contributed by atoms with van der Waals surface area (Å²) in [6.45, 7) is 4.11. The fraction of sp³-hybridized carbons (Fsp3) is 0.471. The molecule has 1 aromatic carbocycles. The predicted molar refractivity (Wildman–Crippen MR) is 95.6 cm³/mol. The van der Waals surface area contributed by atoms with E-state index in [0.29, 0.717) is 4.99 Å². The first-order valence-electron chi connectivity index (χ1n) is 7.79. The van der Waals surface area contributed by atoms with Gasteiger partial charge in [0.15, 0.2) is 0 Å². The van der Waals surface area contributed by atoms with Crippen molar-refractivity contribution in [2.45, 2.75) is 32.9 Å². The fourth-order valence-electron chi connectivity index (χ4n) is 1.94. The molecule has 0 aliphatic heterocycles. The third kappa shape index (κ3) is 6.95. The standard InChI is InChI=1S/C17H24N2O4S/c1-4-12(2)15(16(24)18-10-14(20)22-3)19-17(21)23-11-13-8-6-5-7-9-13/h5-9,12,15H,4,10-11H2,1-3H3,(H,18,24)(H,19,21)/t12?,15-/m0/s1. The highest BCUT2D eigenvalue weighted by Gasteiger charge is 2.23. The monoisotopic (exact) mass is 352 g/mol. The van der Waals surface area contributed by atoms with Crippen molar-refractivity contribution in [1.29, 1.82) is 0 Å². The number of carbonyl (C=O) groups excluding carboxylic acids is 2. The summed E-state index contributed by atoms with van der Waals surface area (Å²) in [4.78, 5) is 23.6. The summed E-state index contributed by atoms with van der Waals surface area (Å²) in [5, 5.41) is 5.58. The van der Waals surface area contributed by atoms with Crippen molar-refractivity contribution in [3.05, 3.63) is 35.9 Å². The maximum absolute atomic E-state index is 12.0. The van der Waals surface area contributed by atoms with Gasteiger partial charge < -0.3 is 20.1 Å². The number of hydrogen-bond donors (Lipinski definition) is 2. The number of hydrogen-bond acceptors (Lipinski definition) is 5. The summed E-state index contributed by atoms with van der Waals surface area (Å²) in [5.41, 5.74) is 0.902. The predicted octanol–water partition coefficient (Wildman–Crippen LogP) is 2.42. The molecule has 0 spiro atoms. The smallest absolute Gasteiger partial charge is 0.408 e. The Kier molecular flexibility index (Phi) is 8.78. The lowest BCUT2D eigenvalue weighted by Gasteiger charge is -2.25. The van der Waals surface area contributed by atoms with Gasteiger partial charge in [-0.05, 0) is 11.5 Å². The number of esters is 1. The minimum atomic E-state index is -0.550. The van der Waals surface area contributed by atoms with E-state index in [1.54, 1.807) is 0 Å². The van der Waals surface area contributed by atoms with Crippen LogP contribution in [0.15, 0.2) is 30.3 Å². The van der Waals surface area contributed by atoms with Crippen LogP contribution in [0, 0.1) is 5.92 Å². The molecule has 24 heavy (non-hydrogen) atoms. The Balaban J connectivity index is 2.56. The van der Waals surface area contributed by atoms with Crippen LogP contribution < -0.4 is 10.6 Å². The van der Waals surface area contributed by atoms with E-state index in [1.807, 2.05) is 44.2 Å². The van der Waals surface area contributed by atoms with Crippen molar-refractivity contribution in [2.75, 3.05) is 13.7 Å². The first-order valence-corrected chi connectivity index (χ1v) is 8.20. The minimum Gasteiger partial charge on any atom is -0.468 e. The zero-order valence-corrected chi connectivity index (χ0v) is 15.0. The van der Waals surface area contributed by atoms with Crippen molar-refractivity contribution in [1.82, 2.24) is 10.6 Å². The molecule has 0 aliphatic rings. The van der Waals surface area contributed by atoms with Crippen LogP contribution in [-0.2, 0) is 20.9 Å². The van der Waals surface area contributed by atoms with Gasteiger partial charge in [-0.1, -0.05) is 62.8 Å². The van der Waals surface area contributed by atoms with E-state index in [2.05, 4.69) is 15.4 Å². The van der Waals surface area contributed by atoms with Gasteiger partial charge in [0.1, 0.15) is 13.2 Å². The molecule has 0 aliphatic carbocycles. The van der Waals surface area contributed by atoms with Crippen LogP contribution in [0.2, 0.25) is 0 Å². The van der Waals surface area contributed by atoms with Crippen LogP contribution in [0.5, 0.6) is 0 Å². The summed E-state index contributed by atoms with van der Waals surface area (Å²) in [5.74, 6) is -0.334. The van der Waals surface area contributed by atoms with Crippen molar-refractivity contribution in [3.63, 3.8) is 0 Å². The molecular formula is C17H24N2O4S. The number of alkyl carbamates (subject to hydrolysis) is 1. The van der Waals surface area contributed by atoms with Crippen LogP contribution in [0.1, 0.15) is 25.8 Å². The molecule has 1 aromatic rings. The van der Waals surface area contributed by atoms with Gasteiger partial charge in [0.05, 0.1) is 18.1 Å². The van der Waals surface area contributed by atoms with E-state index >= 15 is 0 Å². The molecule has 0 heterocycles. The van der Waals surface area contributed by atoms with Crippen molar-refractivity contribution in [2.24, 2.45) is 5.92 Å². The number of amides is 1. The molecule has 7 heteroatoms. The molecule has 1 unspecified atom stereocenters. The molecule has 0 saturated heterocycles. The highest BCUT2D eigenvalue weighted by atomic mass is 32.1. The lowest BCUT2D eigenvalue weighted by molar-refractivity contribution is -0.139. The van der Waals surface area contributed by atoms with Crippen molar-refractivity contribution < 1.29 is 19.1 Å². The van der Waals surface area contributed by atoms with Gasteiger partial charge in [-0.15, -0.1) is 0 Å². The molecule has 6 nitrogen and oxygen atoms in total. The molecule has 1 amide bonds. The number of nitrogens with one attached hydrogen (secondary N) is 2. The number of thiocarbonyl (C=S) groups is 1. The molecule has 0 aromatic heterocycles. The second kappa shape index (κ2) is 10.6. The first kappa shape index (κ1) is 19.9. The van der Waals surface area contributed by atoms with Crippen LogP contribution in [0.3, 0.4) is 0 Å². The largest absolute Gasteiger partial charge is 0.468 e. The highest BCUT2D eigenvalue weighted by molar-refractivity contribution is 7.80. The van der Waals surface area contributed by atoms with Gasteiger partial charge in [0.25, 0.3) is 0 Å². The molecule has 0 saturated carbocycles. The normalized spacial score (nSPS) is 12.6. The number of rotatable bonds is 8. The van der Waals surface area contributed by atoms with E-state index < -0.39 is 18.1 Å². The third-order valence-corrected chi connectivity index (χ3v) is 4.01. The first-order chi connectivity index (χ1) is 11.5. The molecule has 132 valence electrons. The molecular weight excluding hydrogens is 328 g/mol. The molecule has 1 rings (SSSR count). The Hall–Kier alpha value is -2.15. The van der Waals surface area contributed by atoms with E-state index in [1.165, 1.54) is 7.11 Å². The molecule has 0 bridgehead atoms. The second-order valence-corrected chi connectivity index (χ2v) is 5.80. The van der Waals surface area contributed by atoms with Gasteiger partial charge in [-0.2, -0.15) is 0 Å². The summed E-state index contributed by atoms with van der Waals surface area (Å²) in [7, 11) is 1.30. The summed E-state index contributed by atoms with van der Waals surface area (Å²) >= 11 is 5.29. The Morgan fingerprint density at radius 3 is 2.50 bits per heavy atom. The Morgan fingerprint density at radius 2 is 1.92 bits per heavy atom. The molecule has 0 radical (unpaired) electrons. The number of carbonyl (C=O) groups is 2. The van der Waals surface area contributed by atoms with E-state index in [-0.39, 0.29) is 19.1 Å². The Morgan fingerprint density at radius 1 is 1.25 bits per heavy atom. The number of methoxy groups -OCH3 is 1. The lowest BCUT2D eigenvalue weighted by Crippen LogP contribution is -2.50. The molecule has 2 N–H and O–H groups in total. The molecule has 0 fully saturated rings. The summed E-state index contributed by atoms with van der Waals surface area (Å²) in [6, 6.07) is 8.99. The maximum Gasteiger partial charge on any atom is 0.408 e. The number of ether oxygens (including phenoxy) is 2. The topological polar surface area (TPSA) is 76.7 Å². The minimum absolute atomic E-state index is 0.0387. The third-order valence-electron chi connectivity index (χ3n) is 3.62. The Bertz CT molecular complexity index is 551. The van der Waals surface area contributed by atoms with Gasteiger partial charge in [0.2, 0.25) is 0 Å². The highest BCUT2D eigenvalue weighted by Crippen LogP contribution is 2.10. The van der Waals surface area contributed by atoms with Gasteiger partial charge in [-0.3, -0.25) is 4.79 Å². The van der Waals surface area contributed by atoms with Gasteiger partial charge in [-0.25, -0.2) is 4.79 Å². The van der Waals surface area contributed by atoms with Crippen LogP contribution >= 0.6 is 12.2 Å². The summed E-state index contributed by atoms with van der Waals surface area (Å²) < 4.78 is 9.78. The molecule has 2 atom stereocenters. The average molecular weight is 352 g/mol. The van der Waals surface area contributed by atoms with Crippen LogP contribution in [0.25, 0.3) is 0 Å². The quantitative estimate of drug-likeness (QED) is 0.553. The zero-order valence-electron chi connectivity index (χ0n) is 14.2. The van der Waals surface area contributed by atoms with E-state index in [4.69, 9.17) is 17.0 Å². The van der Waals surface area contributed by atoms with Gasteiger partial charge >= 0.3 is 12.1 Å². The fourth-order valence-corrected chi connectivity index (χ4v) is 2.30. The van der Waals surface area contributed by atoms with Gasteiger partial charge in [0, 0.05) is 0 Å². The van der Waals surface area contributed by atoms with Crippen molar-refractivity contribution in [3.8, 4) is 0 Å². The van der Waals surface area contributed by atoms with Crippen LogP contribution in [-0.4, -0.2) is 36.7 Å². The van der Waals surface area contributed by atoms with Crippen LogP contribution in [0.4, 0.5) is 4.79 Å². The lowest BCUT2D eigenvalue weighted by atomic mass is 9.99. The second-order valence-electron chi connectivity index (χ2n) is 5.36.